The van der Waals surface area contributed by atoms with E-state index in [0.29, 0.717) is 24.7 Å². The Labute approximate surface area is 127 Å². The van der Waals surface area contributed by atoms with Crippen LogP contribution in [0.25, 0.3) is 0 Å². The Morgan fingerprint density at radius 2 is 1.86 bits per heavy atom. The van der Waals surface area contributed by atoms with Crippen LogP contribution in [-0.4, -0.2) is 35.4 Å². The Hall–Kier alpha value is -1.10. The fourth-order valence-electron chi connectivity index (χ4n) is 2.66. The number of hydrogen-bond donors (Lipinski definition) is 1. The minimum absolute atomic E-state index is 0.0616. The lowest BCUT2D eigenvalue weighted by molar-refractivity contribution is -0.167. The molecular formula is C16H28O5. The van der Waals surface area contributed by atoms with Gasteiger partial charge in [-0.25, -0.2) is 0 Å². The second kappa shape index (κ2) is 8.37. The quantitative estimate of drug-likeness (QED) is 0.732. The van der Waals surface area contributed by atoms with Crippen LogP contribution in [0, 0.1) is 11.8 Å². The molecule has 5 heteroatoms. The third-order valence-electron chi connectivity index (χ3n) is 3.71. The summed E-state index contributed by atoms with van der Waals surface area (Å²) < 4.78 is 11.5. The van der Waals surface area contributed by atoms with Crippen LogP contribution in [0.1, 0.15) is 59.8 Å². The van der Waals surface area contributed by atoms with Crippen LogP contribution in [0.5, 0.6) is 0 Å². The molecule has 5 nitrogen and oxygen atoms in total. The molecule has 1 fully saturated rings. The van der Waals surface area contributed by atoms with Crippen molar-refractivity contribution in [3.63, 3.8) is 0 Å². The molecule has 0 aliphatic carbocycles. The standard InChI is InChI=1S/C16H28O5/c1-10(2)7-12-8-13(9-14(20-12)11(3)4)21-16(19)6-5-15(17)18/h10-14H,5-9H2,1-4H3,(H,17,18)/t12-,13+,14-/m1/s1. The molecule has 1 N–H and O–H groups in total. The highest BCUT2D eigenvalue weighted by Gasteiger charge is 2.33. The molecule has 0 aromatic carbocycles. The number of esters is 1. The number of aliphatic carboxylic acids is 1. The number of rotatable bonds is 7. The largest absolute Gasteiger partial charge is 0.481 e. The van der Waals surface area contributed by atoms with Gasteiger partial charge in [-0.1, -0.05) is 27.7 Å². The van der Waals surface area contributed by atoms with Crippen molar-refractivity contribution in [1.82, 2.24) is 0 Å². The van der Waals surface area contributed by atoms with Crippen LogP contribution in [-0.2, 0) is 19.1 Å². The van der Waals surface area contributed by atoms with E-state index in [4.69, 9.17) is 14.6 Å². The molecule has 122 valence electrons. The van der Waals surface area contributed by atoms with E-state index in [2.05, 4.69) is 27.7 Å². The lowest BCUT2D eigenvalue weighted by Gasteiger charge is -2.37. The summed E-state index contributed by atoms with van der Waals surface area (Å²) >= 11 is 0. The predicted octanol–water partition coefficient (Wildman–Crippen LogP) is 3.01. The van der Waals surface area contributed by atoms with Crippen LogP contribution in [0.3, 0.4) is 0 Å². The lowest BCUT2D eigenvalue weighted by Crippen LogP contribution is -2.40. The van der Waals surface area contributed by atoms with Crippen molar-refractivity contribution in [2.45, 2.75) is 78.1 Å². The molecule has 1 aliphatic rings. The number of hydrogen-bond acceptors (Lipinski definition) is 4. The average molecular weight is 300 g/mol. The highest BCUT2D eigenvalue weighted by atomic mass is 16.6. The van der Waals surface area contributed by atoms with Crippen LogP contribution >= 0.6 is 0 Å². The number of carbonyl (C=O) groups excluding carboxylic acids is 1. The summed E-state index contributed by atoms with van der Waals surface area (Å²) in [4.78, 5) is 22.2. The summed E-state index contributed by atoms with van der Waals surface area (Å²) in [6.07, 6.45) is 2.18. The average Bonchev–Trinajstić information content (AvgIpc) is 2.35. The van der Waals surface area contributed by atoms with E-state index in [1.165, 1.54) is 0 Å². The summed E-state index contributed by atoms with van der Waals surface area (Å²) in [6.45, 7) is 8.50. The molecule has 0 amide bonds. The number of carbonyl (C=O) groups is 2. The van der Waals surface area contributed by atoms with Crippen LogP contribution in [0.2, 0.25) is 0 Å². The first kappa shape index (κ1) is 18.0. The second-order valence-corrected chi connectivity index (χ2v) is 6.65. The zero-order valence-corrected chi connectivity index (χ0v) is 13.5. The van der Waals surface area contributed by atoms with Gasteiger partial charge in [0, 0.05) is 12.8 Å². The van der Waals surface area contributed by atoms with Gasteiger partial charge in [0.05, 0.1) is 25.0 Å². The zero-order chi connectivity index (χ0) is 16.0. The summed E-state index contributed by atoms with van der Waals surface area (Å²) in [6, 6.07) is 0. The maximum Gasteiger partial charge on any atom is 0.306 e. The van der Waals surface area contributed by atoms with E-state index < -0.39 is 11.9 Å². The summed E-state index contributed by atoms with van der Waals surface area (Å²) in [5, 5.41) is 8.60. The van der Waals surface area contributed by atoms with Crippen molar-refractivity contribution in [3.8, 4) is 0 Å². The molecule has 1 saturated heterocycles. The Balaban J connectivity index is 2.54. The van der Waals surface area contributed by atoms with E-state index in [1.54, 1.807) is 0 Å². The maximum atomic E-state index is 11.7. The smallest absolute Gasteiger partial charge is 0.306 e. The van der Waals surface area contributed by atoms with Crippen molar-refractivity contribution in [3.05, 3.63) is 0 Å². The number of carboxylic acids is 1. The van der Waals surface area contributed by atoms with E-state index in [0.717, 1.165) is 6.42 Å². The van der Waals surface area contributed by atoms with Gasteiger partial charge in [-0.05, 0) is 18.3 Å². The summed E-state index contributed by atoms with van der Waals surface area (Å²) in [5.41, 5.74) is 0. The molecule has 0 spiro atoms. The molecule has 21 heavy (non-hydrogen) atoms. The molecule has 0 unspecified atom stereocenters. The topological polar surface area (TPSA) is 72.8 Å². The fourth-order valence-corrected chi connectivity index (χ4v) is 2.66. The molecule has 1 rings (SSSR count). The molecule has 0 radical (unpaired) electrons. The maximum absolute atomic E-state index is 11.7. The van der Waals surface area contributed by atoms with E-state index in [9.17, 15) is 9.59 Å². The number of ether oxygens (including phenoxy) is 2. The molecule has 0 bridgehead atoms. The van der Waals surface area contributed by atoms with Gasteiger partial charge >= 0.3 is 11.9 Å². The SMILES string of the molecule is CC(C)C[C@@H]1C[C@H](OC(=O)CCC(=O)O)C[C@H](C(C)C)O1. The van der Waals surface area contributed by atoms with E-state index >= 15 is 0 Å². The van der Waals surface area contributed by atoms with Crippen molar-refractivity contribution in [2.75, 3.05) is 0 Å². The Kier molecular flexibility index (Phi) is 7.15. The predicted molar refractivity (Wildman–Crippen MR) is 78.9 cm³/mol. The zero-order valence-electron chi connectivity index (χ0n) is 13.5. The fraction of sp³-hybridized carbons (Fsp3) is 0.875. The van der Waals surface area contributed by atoms with Gasteiger partial charge < -0.3 is 14.6 Å². The van der Waals surface area contributed by atoms with Crippen LogP contribution in [0.4, 0.5) is 0 Å². The monoisotopic (exact) mass is 300 g/mol. The molecule has 0 saturated carbocycles. The molecule has 1 heterocycles. The van der Waals surface area contributed by atoms with Crippen LogP contribution < -0.4 is 0 Å². The molecular weight excluding hydrogens is 272 g/mol. The lowest BCUT2D eigenvalue weighted by atomic mass is 9.91. The number of carboxylic acid groups (broad SMARTS) is 1. The van der Waals surface area contributed by atoms with E-state index in [1.807, 2.05) is 0 Å². The first-order chi connectivity index (χ1) is 9.77. The Bertz CT molecular complexity index is 351. The highest BCUT2D eigenvalue weighted by molar-refractivity contribution is 5.76. The van der Waals surface area contributed by atoms with Crippen molar-refractivity contribution >= 4 is 11.9 Å². The minimum atomic E-state index is -0.975. The van der Waals surface area contributed by atoms with Gasteiger partial charge in [-0.15, -0.1) is 0 Å². The van der Waals surface area contributed by atoms with E-state index in [-0.39, 0.29) is 31.2 Å². The Morgan fingerprint density at radius 1 is 1.19 bits per heavy atom. The molecule has 0 aromatic rings. The second-order valence-electron chi connectivity index (χ2n) is 6.65. The minimum Gasteiger partial charge on any atom is -0.481 e. The van der Waals surface area contributed by atoms with Gasteiger partial charge in [0.25, 0.3) is 0 Å². The third-order valence-corrected chi connectivity index (χ3v) is 3.71. The summed E-state index contributed by atoms with van der Waals surface area (Å²) in [5.74, 6) is -0.490. The van der Waals surface area contributed by atoms with Crippen molar-refractivity contribution in [2.24, 2.45) is 11.8 Å². The molecule has 1 aliphatic heterocycles. The first-order valence-corrected chi connectivity index (χ1v) is 7.84. The van der Waals surface area contributed by atoms with Crippen molar-refractivity contribution < 1.29 is 24.2 Å². The van der Waals surface area contributed by atoms with Crippen LogP contribution in [0.15, 0.2) is 0 Å². The summed E-state index contributed by atoms with van der Waals surface area (Å²) in [7, 11) is 0. The third kappa shape index (κ3) is 6.93. The Morgan fingerprint density at radius 3 is 2.38 bits per heavy atom. The van der Waals surface area contributed by atoms with Gasteiger partial charge in [-0.3, -0.25) is 9.59 Å². The highest BCUT2D eigenvalue weighted by Crippen LogP contribution is 2.29. The van der Waals surface area contributed by atoms with Gasteiger partial charge in [0.2, 0.25) is 0 Å². The van der Waals surface area contributed by atoms with Gasteiger partial charge in [-0.2, -0.15) is 0 Å². The molecule has 0 aromatic heterocycles. The van der Waals surface area contributed by atoms with Crippen molar-refractivity contribution in [1.29, 1.82) is 0 Å². The first-order valence-electron chi connectivity index (χ1n) is 7.84. The van der Waals surface area contributed by atoms with Gasteiger partial charge in [0.1, 0.15) is 6.10 Å². The normalized spacial score (nSPS) is 26.1. The van der Waals surface area contributed by atoms with Gasteiger partial charge in [0.15, 0.2) is 0 Å². The molecule has 3 atom stereocenters.